The third-order valence-corrected chi connectivity index (χ3v) is 5.57. The number of hydrogen-bond acceptors (Lipinski definition) is 4. The molecule has 1 saturated heterocycles. The summed E-state index contributed by atoms with van der Waals surface area (Å²) in [5, 5.41) is 0. The Hall–Kier alpha value is -1.11. The maximum absolute atomic E-state index is 12.5. The zero-order chi connectivity index (χ0) is 15.5. The zero-order valence-electron chi connectivity index (χ0n) is 12.8. The van der Waals surface area contributed by atoms with Crippen LogP contribution in [0.3, 0.4) is 0 Å². The monoisotopic (exact) mass is 313 g/mol. The Labute approximate surface area is 126 Å². The molecule has 1 aromatic carbocycles. The van der Waals surface area contributed by atoms with Crippen molar-refractivity contribution in [3.8, 4) is 5.75 Å². The highest BCUT2D eigenvalue weighted by Gasteiger charge is 2.34. The molecular formula is C15H23NO4S. The van der Waals surface area contributed by atoms with E-state index in [2.05, 4.69) is 0 Å². The summed E-state index contributed by atoms with van der Waals surface area (Å²) in [4.78, 5) is 0. The molecule has 0 bridgehead atoms. The van der Waals surface area contributed by atoms with Crippen LogP contribution in [0.4, 0.5) is 0 Å². The van der Waals surface area contributed by atoms with E-state index in [1.54, 1.807) is 11.4 Å². The topological polar surface area (TPSA) is 55.8 Å². The second-order valence-electron chi connectivity index (χ2n) is 5.60. The molecular weight excluding hydrogens is 290 g/mol. The summed E-state index contributed by atoms with van der Waals surface area (Å²) in [5.74, 6) is 1.02. The Morgan fingerprint density at radius 1 is 1.33 bits per heavy atom. The number of hydrogen-bond donors (Lipinski definition) is 0. The van der Waals surface area contributed by atoms with Crippen molar-refractivity contribution < 1.29 is 17.9 Å². The molecule has 1 aromatic rings. The lowest BCUT2D eigenvalue weighted by molar-refractivity contribution is 0.0902. The van der Waals surface area contributed by atoms with Crippen LogP contribution in [0.5, 0.6) is 5.75 Å². The number of ether oxygens (including phenoxy) is 2. The van der Waals surface area contributed by atoms with Crippen molar-refractivity contribution >= 4 is 10.0 Å². The fourth-order valence-electron chi connectivity index (χ4n) is 2.43. The minimum absolute atomic E-state index is 0.0480. The van der Waals surface area contributed by atoms with Gasteiger partial charge in [-0.15, -0.1) is 0 Å². The van der Waals surface area contributed by atoms with Gasteiger partial charge in [-0.2, -0.15) is 4.31 Å². The van der Waals surface area contributed by atoms with E-state index >= 15 is 0 Å². The minimum Gasteiger partial charge on any atom is -0.497 e. The molecule has 0 saturated carbocycles. The van der Waals surface area contributed by atoms with Crippen LogP contribution >= 0.6 is 0 Å². The van der Waals surface area contributed by atoms with E-state index in [0.717, 1.165) is 11.3 Å². The summed E-state index contributed by atoms with van der Waals surface area (Å²) in [6, 6.07) is 7.37. The molecule has 5 nitrogen and oxygen atoms in total. The summed E-state index contributed by atoms with van der Waals surface area (Å²) in [7, 11) is -1.68. The number of sulfonamides is 1. The van der Waals surface area contributed by atoms with Crippen LogP contribution in [-0.4, -0.2) is 44.8 Å². The van der Waals surface area contributed by atoms with Crippen LogP contribution < -0.4 is 4.74 Å². The quantitative estimate of drug-likeness (QED) is 0.852. The summed E-state index contributed by atoms with van der Waals surface area (Å²) >= 11 is 0. The normalized spacial score (nSPS) is 23.0. The fraction of sp³-hybridized carbons (Fsp3) is 0.600. The van der Waals surface area contributed by atoms with Crippen LogP contribution in [0.15, 0.2) is 24.3 Å². The van der Waals surface area contributed by atoms with Gasteiger partial charge in [-0.1, -0.05) is 26.0 Å². The molecule has 0 aromatic heterocycles. The Morgan fingerprint density at radius 3 is 2.57 bits per heavy atom. The summed E-state index contributed by atoms with van der Waals surface area (Å²) in [5.41, 5.74) is 0.951. The second-order valence-corrected chi connectivity index (χ2v) is 7.64. The van der Waals surface area contributed by atoms with Crippen molar-refractivity contribution in [2.24, 2.45) is 5.92 Å². The van der Waals surface area contributed by atoms with Crippen molar-refractivity contribution in [1.29, 1.82) is 0 Å². The van der Waals surface area contributed by atoms with Gasteiger partial charge in [0.15, 0.2) is 0 Å². The SMILES string of the molecule is COc1ccc(CN2[C@@H](C(C)C)COCCS2(=O)=O)cc1. The van der Waals surface area contributed by atoms with Gasteiger partial charge in [-0.25, -0.2) is 8.42 Å². The van der Waals surface area contributed by atoms with Gasteiger partial charge < -0.3 is 9.47 Å². The molecule has 0 unspecified atom stereocenters. The van der Waals surface area contributed by atoms with Gasteiger partial charge in [0.1, 0.15) is 5.75 Å². The van der Waals surface area contributed by atoms with Crippen molar-refractivity contribution in [2.75, 3.05) is 26.1 Å². The molecule has 0 aliphatic carbocycles. The maximum atomic E-state index is 12.5. The molecule has 1 heterocycles. The highest BCUT2D eigenvalue weighted by atomic mass is 32.2. The highest BCUT2D eigenvalue weighted by molar-refractivity contribution is 7.89. The van der Waals surface area contributed by atoms with E-state index in [4.69, 9.17) is 9.47 Å². The van der Waals surface area contributed by atoms with E-state index < -0.39 is 10.0 Å². The van der Waals surface area contributed by atoms with Gasteiger partial charge in [0.2, 0.25) is 10.0 Å². The van der Waals surface area contributed by atoms with Crippen LogP contribution in [0.1, 0.15) is 19.4 Å². The predicted octanol–water partition coefficient (Wildman–Crippen LogP) is 1.88. The Bertz CT molecular complexity index is 554. The van der Waals surface area contributed by atoms with Gasteiger partial charge in [-0.3, -0.25) is 0 Å². The molecule has 2 rings (SSSR count). The summed E-state index contributed by atoms with van der Waals surface area (Å²) < 4.78 is 37.1. The van der Waals surface area contributed by atoms with Crippen LogP contribution in [0.2, 0.25) is 0 Å². The smallest absolute Gasteiger partial charge is 0.217 e. The van der Waals surface area contributed by atoms with E-state index in [1.807, 2.05) is 38.1 Å². The lowest BCUT2D eigenvalue weighted by Gasteiger charge is -2.31. The molecule has 1 aliphatic rings. The standard InChI is InChI=1S/C15H23NO4S/c1-12(2)15-11-20-8-9-21(17,18)16(15)10-13-4-6-14(19-3)7-5-13/h4-7,12,15H,8-11H2,1-3H3/t15-/m1/s1. The molecule has 6 heteroatoms. The molecule has 118 valence electrons. The molecule has 0 N–H and O–H groups in total. The number of methoxy groups -OCH3 is 1. The van der Waals surface area contributed by atoms with Crippen molar-refractivity contribution in [3.05, 3.63) is 29.8 Å². The number of nitrogens with zero attached hydrogens (tertiary/aromatic N) is 1. The summed E-state index contributed by atoms with van der Waals surface area (Å²) in [6.07, 6.45) is 0. The Kier molecular flexibility index (Phi) is 5.24. The third kappa shape index (κ3) is 3.96. The Morgan fingerprint density at radius 2 is 2.00 bits per heavy atom. The van der Waals surface area contributed by atoms with E-state index in [-0.39, 0.29) is 24.3 Å². The van der Waals surface area contributed by atoms with Gasteiger partial charge in [0.25, 0.3) is 0 Å². The zero-order valence-corrected chi connectivity index (χ0v) is 13.6. The number of benzene rings is 1. The van der Waals surface area contributed by atoms with Gasteiger partial charge in [0, 0.05) is 6.54 Å². The first-order valence-corrected chi connectivity index (χ1v) is 8.75. The third-order valence-electron chi connectivity index (χ3n) is 3.77. The largest absolute Gasteiger partial charge is 0.497 e. The molecule has 0 spiro atoms. The van der Waals surface area contributed by atoms with Gasteiger partial charge in [-0.05, 0) is 23.6 Å². The number of rotatable bonds is 4. The van der Waals surface area contributed by atoms with Crippen LogP contribution in [0, 0.1) is 5.92 Å². The average molecular weight is 313 g/mol. The first kappa shape index (κ1) is 16.3. The van der Waals surface area contributed by atoms with E-state index in [0.29, 0.717) is 13.2 Å². The molecule has 1 atom stereocenters. The highest BCUT2D eigenvalue weighted by Crippen LogP contribution is 2.23. The van der Waals surface area contributed by atoms with E-state index in [9.17, 15) is 8.42 Å². The maximum Gasteiger partial charge on any atom is 0.217 e. The molecule has 0 radical (unpaired) electrons. The predicted molar refractivity (Wildman–Crippen MR) is 81.8 cm³/mol. The van der Waals surface area contributed by atoms with Crippen molar-refractivity contribution in [2.45, 2.75) is 26.4 Å². The minimum atomic E-state index is -3.29. The lowest BCUT2D eigenvalue weighted by atomic mass is 10.0. The lowest BCUT2D eigenvalue weighted by Crippen LogP contribution is -2.44. The molecule has 0 amide bonds. The average Bonchev–Trinajstić information content (AvgIpc) is 2.59. The molecule has 1 fully saturated rings. The van der Waals surface area contributed by atoms with E-state index in [1.165, 1.54) is 0 Å². The fourth-order valence-corrected chi connectivity index (χ4v) is 4.05. The first-order valence-electron chi connectivity index (χ1n) is 7.14. The van der Waals surface area contributed by atoms with Gasteiger partial charge >= 0.3 is 0 Å². The summed E-state index contributed by atoms with van der Waals surface area (Å²) in [6.45, 7) is 5.14. The van der Waals surface area contributed by atoms with Crippen LogP contribution in [0.25, 0.3) is 0 Å². The van der Waals surface area contributed by atoms with Crippen molar-refractivity contribution in [3.63, 3.8) is 0 Å². The Balaban J connectivity index is 2.25. The van der Waals surface area contributed by atoms with Gasteiger partial charge in [0.05, 0.1) is 32.1 Å². The van der Waals surface area contributed by atoms with Crippen LogP contribution in [-0.2, 0) is 21.3 Å². The molecule has 1 aliphatic heterocycles. The molecule has 21 heavy (non-hydrogen) atoms. The van der Waals surface area contributed by atoms with Crippen molar-refractivity contribution in [1.82, 2.24) is 4.31 Å². The second kappa shape index (κ2) is 6.77. The first-order chi connectivity index (χ1) is 9.94.